The molecule has 0 aliphatic carbocycles. The molecule has 0 radical (unpaired) electrons. The Labute approximate surface area is 499 Å². The lowest BCUT2D eigenvalue weighted by molar-refractivity contribution is -0.870. The molecule has 0 saturated carbocycles. The van der Waals surface area contributed by atoms with Gasteiger partial charge in [-0.2, -0.15) is 0 Å². The summed E-state index contributed by atoms with van der Waals surface area (Å²) in [6.07, 6.45) is 82.9. The molecule has 1 amide bonds. The van der Waals surface area contributed by atoms with Crippen LogP contribution in [0.4, 0.5) is 0 Å². The van der Waals surface area contributed by atoms with Gasteiger partial charge in [-0.05, 0) is 44.9 Å². The third-order valence-electron chi connectivity index (χ3n) is 16.3. The van der Waals surface area contributed by atoms with Crippen molar-refractivity contribution in [2.75, 3.05) is 40.9 Å². The van der Waals surface area contributed by atoms with E-state index >= 15 is 0 Å². The summed E-state index contributed by atoms with van der Waals surface area (Å²) < 4.78 is 23.4. The van der Waals surface area contributed by atoms with Crippen LogP contribution in [0, 0.1) is 0 Å². The van der Waals surface area contributed by atoms with E-state index in [-0.39, 0.29) is 12.5 Å². The van der Waals surface area contributed by atoms with Gasteiger partial charge in [-0.3, -0.25) is 9.36 Å². The van der Waals surface area contributed by atoms with Crippen molar-refractivity contribution in [2.24, 2.45) is 0 Å². The van der Waals surface area contributed by atoms with Crippen LogP contribution < -0.4 is 10.2 Å². The summed E-state index contributed by atoms with van der Waals surface area (Å²) >= 11 is 0. The monoisotopic (exact) mass is 1150 g/mol. The molecular formula is C71H139N2O6P. The van der Waals surface area contributed by atoms with Gasteiger partial charge in [0.2, 0.25) is 5.91 Å². The summed E-state index contributed by atoms with van der Waals surface area (Å²) in [5.41, 5.74) is 0. The molecule has 8 nitrogen and oxygen atoms in total. The number of unbranched alkanes of at least 4 members (excludes halogenated alkanes) is 49. The average Bonchev–Trinajstić information content (AvgIpc) is 3.42. The summed E-state index contributed by atoms with van der Waals surface area (Å²) in [7, 11) is 1.25. The third-order valence-corrected chi connectivity index (χ3v) is 17.3. The normalized spacial score (nSPS) is 13.8. The van der Waals surface area contributed by atoms with Gasteiger partial charge in [0.05, 0.1) is 39.9 Å². The number of hydrogen-bond donors (Lipinski definition) is 2. The van der Waals surface area contributed by atoms with Gasteiger partial charge in [-0.25, -0.2) is 0 Å². The Morgan fingerprint density at radius 1 is 0.425 bits per heavy atom. The van der Waals surface area contributed by atoms with E-state index in [1.165, 1.54) is 295 Å². The third kappa shape index (κ3) is 64.3. The van der Waals surface area contributed by atoms with Crippen molar-refractivity contribution >= 4 is 13.7 Å². The van der Waals surface area contributed by atoms with Crippen LogP contribution in [0.2, 0.25) is 0 Å². The molecule has 0 spiro atoms. The molecule has 0 bridgehead atoms. The van der Waals surface area contributed by atoms with Crippen molar-refractivity contribution < 1.29 is 32.9 Å². The number of allylic oxidation sites excluding steroid dienone is 5. The van der Waals surface area contributed by atoms with E-state index in [1.807, 2.05) is 27.2 Å². The number of likely N-dealkylation sites (N-methyl/N-ethyl adjacent to an activating group) is 1. The summed E-state index contributed by atoms with van der Waals surface area (Å²) in [6.45, 7) is 4.68. The number of carbonyl (C=O) groups excluding carboxylic acids is 1. The van der Waals surface area contributed by atoms with Crippen LogP contribution in [-0.4, -0.2) is 68.5 Å². The van der Waals surface area contributed by atoms with E-state index < -0.39 is 26.6 Å². The molecule has 0 rings (SSSR count). The van der Waals surface area contributed by atoms with Crippen LogP contribution in [0.3, 0.4) is 0 Å². The minimum absolute atomic E-state index is 0.00710. The van der Waals surface area contributed by atoms with Gasteiger partial charge >= 0.3 is 0 Å². The number of hydrogen-bond acceptors (Lipinski definition) is 6. The molecule has 3 atom stereocenters. The second kappa shape index (κ2) is 62.3. The minimum atomic E-state index is -4.61. The van der Waals surface area contributed by atoms with Crippen molar-refractivity contribution in [3.05, 3.63) is 36.5 Å². The maximum Gasteiger partial charge on any atom is 0.268 e. The number of rotatable bonds is 66. The van der Waals surface area contributed by atoms with Crippen LogP contribution in [-0.2, 0) is 18.4 Å². The maximum absolute atomic E-state index is 13.0. The van der Waals surface area contributed by atoms with Gasteiger partial charge in [0, 0.05) is 6.42 Å². The fraction of sp³-hybridized carbons (Fsp3) is 0.901. The number of phosphoric ester groups is 1. The van der Waals surface area contributed by atoms with Crippen molar-refractivity contribution in [1.29, 1.82) is 0 Å². The zero-order chi connectivity index (χ0) is 58.4. The summed E-state index contributed by atoms with van der Waals surface area (Å²) in [5, 5.41) is 13.9. The molecule has 3 unspecified atom stereocenters. The van der Waals surface area contributed by atoms with Crippen molar-refractivity contribution in [3.8, 4) is 0 Å². The molecule has 0 aliphatic rings. The number of nitrogens with one attached hydrogen (secondary N) is 1. The Morgan fingerprint density at radius 3 is 1.01 bits per heavy atom. The van der Waals surface area contributed by atoms with Crippen molar-refractivity contribution in [3.63, 3.8) is 0 Å². The fourth-order valence-electron chi connectivity index (χ4n) is 10.8. The van der Waals surface area contributed by atoms with Gasteiger partial charge in [0.25, 0.3) is 7.82 Å². The number of aliphatic hydroxyl groups is 1. The molecule has 80 heavy (non-hydrogen) atoms. The summed E-state index contributed by atoms with van der Waals surface area (Å²) in [5.74, 6) is -0.204. The van der Waals surface area contributed by atoms with E-state index in [2.05, 4.69) is 43.5 Å². The predicted molar refractivity (Wildman–Crippen MR) is 348 cm³/mol. The first-order valence-corrected chi connectivity index (χ1v) is 36.8. The maximum atomic E-state index is 13.0. The van der Waals surface area contributed by atoms with Crippen LogP contribution in [0.5, 0.6) is 0 Å². The molecule has 0 fully saturated rings. The molecule has 0 aliphatic heterocycles. The Kier molecular flexibility index (Phi) is 61.3. The molecule has 2 N–H and O–H groups in total. The minimum Gasteiger partial charge on any atom is -0.756 e. The second-order valence-corrected chi connectivity index (χ2v) is 27.0. The Balaban J connectivity index is 4.04. The quantitative estimate of drug-likeness (QED) is 0.0272. The van der Waals surface area contributed by atoms with Gasteiger partial charge < -0.3 is 28.8 Å². The Morgan fingerprint density at radius 2 is 0.700 bits per heavy atom. The molecule has 0 aromatic heterocycles. The zero-order valence-corrected chi connectivity index (χ0v) is 55.2. The fourth-order valence-corrected chi connectivity index (χ4v) is 11.6. The molecule has 0 aromatic carbocycles. The van der Waals surface area contributed by atoms with E-state index in [0.29, 0.717) is 17.4 Å². The molecule has 9 heteroatoms. The van der Waals surface area contributed by atoms with Gasteiger partial charge in [-0.15, -0.1) is 0 Å². The summed E-state index contributed by atoms with van der Waals surface area (Å²) in [6, 6.07) is -0.909. The van der Waals surface area contributed by atoms with Crippen LogP contribution in [0.25, 0.3) is 0 Å². The average molecular weight is 1150 g/mol. The smallest absolute Gasteiger partial charge is 0.268 e. The first-order chi connectivity index (χ1) is 39.0. The zero-order valence-electron chi connectivity index (χ0n) is 54.3. The molecule has 0 aromatic rings. The lowest BCUT2D eigenvalue weighted by Crippen LogP contribution is -2.45. The predicted octanol–water partition coefficient (Wildman–Crippen LogP) is 21.8. The number of quaternary nitrogens is 1. The number of nitrogens with zero attached hydrogens (tertiary/aromatic N) is 1. The van der Waals surface area contributed by atoms with E-state index in [1.54, 1.807) is 6.08 Å². The lowest BCUT2D eigenvalue weighted by Gasteiger charge is -2.29. The van der Waals surface area contributed by atoms with Crippen molar-refractivity contribution in [1.82, 2.24) is 5.32 Å². The first-order valence-electron chi connectivity index (χ1n) is 35.4. The SMILES string of the molecule is CCCCCCCCCCCCCCCC/C=C/CC/C=C/CC/C=C/C(O)C(COP(=O)([O-])OCC[N+](C)(C)C)NC(=O)CCCCCCCCCCCCCCCCCCCCCCCCCCCCCCCCCCCC. The lowest BCUT2D eigenvalue weighted by atomic mass is 10.0. The molecule has 0 saturated heterocycles. The first kappa shape index (κ1) is 78.7. The highest BCUT2D eigenvalue weighted by Crippen LogP contribution is 2.38. The largest absolute Gasteiger partial charge is 0.756 e. The highest BCUT2D eigenvalue weighted by molar-refractivity contribution is 7.45. The number of aliphatic hydroxyl groups excluding tert-OH is 1. The standard InChI is InChI=1S/C71H139N2O6P/c1-6-8-10-12-14-16-18-20-22-24-26-28-30-32-33-34-35-36-37-38-39-40-41-43-45-47-49-51-53-55-57-59-61-63-65-71(75)72-69(68-79-80(76,77)78-67-66-73(3,4)5)70(74)64-62-60-58-56-54-52-50-48-46-44-42-31-29-27-25-23-21-19-17-15-13-11-9-7-2/h46,48,54,56,62,64,69-70,74H,6-45,47,49-53,55,57-61,63,65-68H2,1-5H3,(H-,72,75,76,77)/b48-46+,56-54+,64-62+. The van der Waals surface area contributed by atoms with Crippen LogP contribution >= 0.6 is 7.82 Å². The van der Waals surface area contributed by atoms with Crippen LogP contribution in [0.15, 0.2) is 36.5 Å². The van der Waals surface area contributed by atoms with Gasteiger partial charge in [0.15, 0.2) is 0 Å². The van der Waals surface area contributed by atoms with E-state index in [0.717, 1.165) is 44.9 Å². The molecular weight excluding hydrogens is 1010 g/mol. The van der Waals surface area contributed by atoms with E-state index in [4.69, 9.17) is 9.05 Å². The topological polar surface area (TPSA) is 108 Å². The number of carbonyl (C=O) groups is 1. The Bertz CT molecular complexity index is 1400. The van der Waals surface area contributed by atoms with Crippen LogP contribution in [0.1, 0.15) is 361 Å². The second-order valence-electron chi connectivity index (χ2n) is 25.6. The van der Waals surface area contributed by atoms with E-state index in [9.17, 15) is 19.4 Å². The highest BCUT2D eigenvalue weighted by atomic mass is 31.2. The van der Waals surface area contributed by atoms with Crippen molar-refractivity contribution in [2.45, 2.75) is 373 Å². The summed E-state index contributed by atoms with van der Waals surface area (Å²) in [4.78, 5) is 25.6. The molecule has 474 valence electrons. The number of amides is 1. The number of phosphoric acid groups is 1. The highest BCUT2D eigenvalue weighted by Gasteiger charge is 2.23. The molecule has 0 heterocycles. The van der Waals surface area contributed by atoms with Gasteiger partial charge in [-0.1, -0.05) is 346 Å². The van der Waals surface area contributed by atoms with Gasteiger partial charge in [0.1, 0.15) is 13.2 Å². The Hall–Kier alpha value is -1.28.